The topological polar surface area (TPSA) is 104 Å². The summed E-state index contributed by atoms with van der Waals surface area (Å²) in [6.45, 7) is 1.97. The first-order chi connectivity index (χ1) is 12.5. The van der Waals surface area contributed by atoms with Crippen molar-refractivity contribution >= 4 is 28.8 Å². The Morgan fingerprint density at radius 1 is 1.35 bits per heavy atom. The maximum atomic E-state index is 12.6. The first-order valence-electron chi connectivity index (χ1n) is 8.04. The van der Waals surface area contributed by atoms with Gasteiger partial charge in [-0.2, -0.15) is 0 Å². The van der Waals surface area contributed by atoms with E-state index >= 15 is 0 Å². The van der Waals surface area contributed by atoms with Crippen LogP contribution in [0, 0.1) is 6.92 Å². The molecule has 3 rings (SSSR count). The summed E-state index contributed by atoms with van der Waals surface area (Å²) in [5.74, 6) is -0.265. The first kappa shape index (κ1) is 18.6. The molecule has 2 aromatic heterocycles. The Bertz CT molecular complexity index is 904. The number of amides is 1. The molecular weight excluding hydrogens is 372 g/mol. The van der Waals surface area contributed by atoms with E-state index in [1.54, 1.807) is 18.2 Å². The fraction of sp³-hybridized carbons (Fsp3) is 0.222. The summed E-state index contributed by atoms with van der Waals surface area (Å²) in [7, 11) is 0. The van der Waals surface area contributed by atoms with Gasteiger partial charge in [-0.15, -0.1) is 11.3 Å². The number of thiazole rings is 1. The molecule has 0 radical (unpaired) electrons. The number of carbonyl (C=O) groups excluding carboxylic acids is 1. The number of aromatic amines is 1. The number of nitrogens with one attached hydrogen (secondary N) is 2. The molecule has 0 saturated carbocycles. The monoisotopic (exact) mass is 390 g/mol. The zero-order chi connectivity index (χ0) is 18.7. The lowest BCUT2D eigenvalue weighted by Gasteiger charge is -2.13. The second-order valence-corrected chi connectivity index (χ2v) is 7.32. The molecule has 3 aromatic rings. The van der Waals surface area contributed by atoms with Gasteiger partial charge in [0.1, 0.15) is 10.7 Å². The van der Waals surface area contributed by atoms with Gasteiger partial charge in [-0.05, 0) is 36.8 Å². The minimum absolute atomic E-state index is 0.0736. The highest BCUT2D eigenvalue weighted by atomic mass is 35.5. The number of aromatic nitrogens is 2. The van der Waals surface area contributed by atoms with Crippen molar-refractivity contribution in [2.24, 2.45) is 5.73 Å². The van der Waals surface area contributed by atoms with E-state index < -0.39 is 6.04 Å². The number of hydrogen-bond acceptors (Lipinski definition) is 5. The van der Waals surface area contributed by atoms with Crippen molar-refractivity contribution in [1.82, 2.24) is 15.3 Å². The van der Waals surface area contributed by atoms with E-state index in [1.165, 1.54) is 11.3 Å². The Balaban J connectivity index is 1.75. The van der Waals surface area contributed by atoms with E-state index in [4.69, 9.17) is 17.3 Å². The number of H-pyrrole nitrogens is 1. The molecule has 5 N–H and O–H groups in total. The van der Waals surface area contributed by atoms with Crippen LogP contribution in [-0.4, -0.2) is 27.5 Å². The highest BCUT2D eigenvalue weighted by Gasteiger charge is 2.20. The van der Waals surface area contributed by atoms with Gasteiger partial charge >= 0.3 is 0 Å². The molecule has 0 aliphatic rings. The highest BCUT2D eigenvalue weighted by Crippen LogP contribution is 2.24. The molecule has 2 heterocycles. The molecule has 6 nitrogen and oxygen atoms in total. The molecule has 136 valence electrons. The van der Waals surface area contributed by atoms with Crippen LogP contribution in [0.25, 0.3) is 11.3 Å². The van der Waals surface area contributed by atoms with Crippen LogP contribution < -0.4 is 11.1 Å². The van der Waals surface area contributed by atoms with Gasteiger partial charge in [-0.3, -0.25) is 4.79 Å². The molecule has 1 atom stereocenters. The van der Waals surface area contributed by atoms with E-state index in [1.807, 2.05) is 25.1 Å². The number of carbonyl (C=O) groups is 1. The normalized spacial score (nSPS) is 12.2. The van der Waals surface area contributed by atoms with Crippen LogP contribution in [-0.2, 0) is 6.61 Å². The summed E-state index contributed by atoms with van der Waals surface area (Å²) in [5.41, 5.74) is 8.76. The third-order valence-corrected chi connectivity index (χ3v) is 5.49. The van der Waals surface area contributed by atoms with Crippen molar-refractivity contribution in [2.75, 3.05) is 6.54 Å². The largest absolute Gasteiger partial charge is 0.391 e. The van der Waals surface area contributed by atoms with Crippen molar-refractivity contribution in [3.05, 3.63) is 62.7 Å². The molecule has 8 heteroatoms. The number of hydrogen-bond donors (Lipinski definition) is 4. The minimum atomic E-state index is -0.409. The molecule has 0 bridgehead atoms. The van der Waals surface area contributed by atoms with Crippen molar-refractivity contribution < 1.29 is 9.90 Å². The van der Waals surface area contributed by atoms with Gasteiger partial charge in [0.2, 0.25) is 0 Å². The van der Waals surface area contributed by atoms with Gasteiger partial charge < -0.3 is 21.1 Å². The molecule has 1 amide bonds. The molecule has 0 saturated heterocycles. The van der Waals surface area contributed by atoms with Crippen LogP contribution in [0.2, 0.25) is 5.02 Å². The number of aryl methyl sites for hydroxylation is 1. The Kier molecular flexibility index (Phi) is 5.73. The lowest BCUT2D eigenvalue weighted by atomic mass is 10.2. The Labute approximate surface area is 160 Å². The van der Waals surface area contributed by atoms with Crippen LogP contribution in [0.3, 0.4) is 0 Å². The van der Waals surface area contributed by atoms with Crippen molar-refractivity contribution in [3.63, 3.8) is 0 Å². The van der Waals surface area contributed by atoms with Gasteiger partial charge in [-0.25, -0.2) is 4.98 Å². The summed E-state index contributed by atoms with van der Waals surface area (Å²) < 4.78 is 0. The smallest absolute Gasteiger partial charge is 0.268 e. The van der Waals surface area contributed by atoms with E-state index in [2.05, 4.69) is 15.3 Å². The molecule has 0 aliphatic carbocycles. The molecular formula is C18H19ClN4O2S. The second-order valence-electron chi connectivity index (χ2n) is 5.77. The van der Waals surface area contributed by atoms with Gasteiger partial charge in [0.25, 0.3) is 5.91 Å². The fourth-order valence-corrected chi connectivity index (χ4v) is 3.65. The van der Waals surface area contributed by atoms with Crippen molar-refractivity contribution in [1.29, 1.82) is 0 Å². The number of nitrogens with zero attached hydrogens (tertiary/aromatic N) is 1. The van der Waals surface area contributed by atoms with Gasteiger partial charge in [0.05, 0.1) is 23.2 Å². The van der Waals surface area contributed by atoms with E-state index in [9.17, 15) is 9.90 Å². The predicted octanol–water partition coefficient (Wildman–Crippen LogP) is 3.02. The second kappa shape index (κ2) is 8.01. The van der Waals surface area contributed by atoms with Crippen LogP contribution in [0.15, 0.2) is 36.4 Å². The number of aliphatic hydroxyl groups is 1. The van der Waals surface area contributed by atoms with Crippen LogP contribution in [0.5, 0.6) is 0 Å². The predicted molar refractivity (Wildman–Crippen MR) is 103 cm³/mol. The average Bonchev–Trinajstić information content (AvgIpc) is 3.27. The van der Waals surface area contributed by atoms with E-state index in [-0.39, 0.29) is 19.1 Å². The van der Waals surface area contributed by atoms with Gasteiger partial charge in [0.15, 0.2) is 0 Å². The van der Waals surface area contributed by atoms with Gasteiger partial charge in [-0.1, -0.05) is 23.7 Å². The SMILES string of the molecule is Cc1nc([C@H](CN)NC(=O)c2ccc(-c3ccc(Cl)cc3)[nH]2)sc1CO. The Hall–Kier alpha value is -2.19. The summed E-state index contributed by atoms with van der Waals surface area (Å²) in [4.78, 5) is 20.8. The lowest BCUT2D eigenvalue weighted by Crippen LogP contribution is -2.33. The number of rotatable bonds is 6. The summed E-state index contributed by atoms with van der Waals surface area (Å²) in [6, 6.07) is 10.5. The first-order valence-corrected chi connectivity index (χ1v) is 9.24. The number of aliphatic hydroxyl groups excluding tert-OH is 1. The Morgan fingerprint density at radius 3 is 2.69 bits per heavy atom. The quantitative estimate of drug-likeness (QED) is 0.519. The summed E-state index contributed by atoms with van der Waals surface area (Å²) >= 11 is 7.26. The molecule has 0 aliphatic heterocycles. The van der Waals surface area contributed by atoms with Crippen molar-refractivity contribution in [2.45, 2.75) is 19.6 Å². The van der Waals surface area contributed by atoms with Crippen LogP contribution >= 0.6 is 22.9 Å². The third kappa shape index (κ3) is 3.96. The zero-order valence-corrected chi connectivity index (χ0v) is 15.7. The fourth-order valence-electron chi connectivity index (χ4n) is 2.53. The zero-order valence-electron chi connectivity index (χ0n) is 14.1. The molecule has 26 heavy (non-hydrogen) atoms. The van der Waals surface area contributed by atoms with Crippen LogP contribution in [0.1, 0.15) is 32.1 Å². The van der Waals surface area contributed by atoms with E-state index in [0.717, 1.165) is 21.8 Å². The average molecular weight is 391 g/mol. The summed E-state index contributed by atoms with van der Waals surface area (Å²) in [5, 5.41) is 13.5. The third-order valence-electron chi connectivity index (χ3n) is 3.98. The van der Waals surface area contributed by atoms with Gasteiger partial charge in [0, 0.05) is 17.3 Å². The highest BCUT2D eigenvalue weighted by molar-refractivity contribution is 7.11. The van der Waals surface area contributed by atoms with Crippen LogP contribution in [0.4, 0.5) is 0 Å². The Morgan fingerprint density at radius 2 is 2.08 bits per heavy atom. The number of nitrogens with two attached hydrogens (primary N) is 1. The molecule has 0 unspecified atom stereocenters. The maximum Gasteiger partial charge on any atom is 0.268 e. The molecule has 0 spiro atoms. The molecule has 0 fully saturated rings. The van der Waals surface area contributed by atoms with Crippen molar-refractivity contribution in [3.8, 4) is 11.3 Å². The lowest BCUT2D eigenvalue weighted by molar-refractivity contribution is 0.0933. The molecule has 1 aromatic carbocycles. The number of halogens is 1. The van der Waals surface area contributed by atoms with E-state index in [0.29, 0.717) is 15.7 Å². The minimum Gasteiger partial charge on any atom is -0.391 e. The number of benzene rings is 1. The standard InChI is InChI=1S/C18H19ClN4O2S/c1-10-16(9-24)26-18(21-10)15(8-20)23-17(25)14-7-6-13(22-14)11-2-4-12(19)5-3-11/h2-7,15,22,24H,8-9,20H2,1H3,(H,23,25)/t15-/m0/s1. The maximum absolute atomic E-state index is 12.6. The summed E-state index contributed by atoms with van der Waals surface area (Å²) in [6.07, 6.45) is 0.